The van der Waals surface area contributed by atoms with Crippen LogP contribution in [0.15, 0.2) is 85.5 Å². The van der Waals surface area contributed by atoms with Gasteiger partial charge in [-0.15, -0.1) is 0 Å². The van der Waals surface area contributed by atoms with Gasteiger partial charge in [-0.3, -0.25) is 19.5 Å². The molecule has 0 saturated carbocycles. The molecule has 4 N–H and O–H groups in total. The summed E-state index contributed by atoms with van der Waals surface area (Å²) < 4.78 is 4.75. The second-order valence-electron chi connectivity index (χ2n) is 15.2. The predicted octanol–water partition coefficient (Wildman–Crippen LogP) is 6.46. The van der Waals surface area contributed by atoms with E-state index in [4.69, 9.17) is 4.74 Å². The fraction of sp³-hybridized carbons (Fsp3) is 0.372. The van der Waals surface area contributed by atoms with Gasteiger partial charge >= 0.3 is 12.2 Å². The average molecular weight is 788 g/mol. The zero-order valence-electron chi connectivity index (χ0n) is 33.1. The van der Waals surface area contributed by atoms with Crippen molar-refractivity contribution in [3.63, 3.8) is 0 Å². The average Bonchev–Trinajstić information content (AvgIpc) is 4.09. The normalized spacial score (nSPS) is 17.6. The Bertz CT molecular complexity index is 2220. The number of rotatable bonds is 12. The highest BCUT2D eigenvalue weighted by Crippen LogP contribution is 2.35. The van der Waals surface area contributed by atoms with Gasteiger partial charge in [0, 0.05) is 39.0 Å². The van der Waals surface area contributed by atoms with Gasteiger partial charge in [-0.1, -0.05) is 68.4 Å². The number of likely N-dealkylation sites (N-methyl/N-ethyl adjacent to an activating group) is 1. The van der Waals surface area contributed by atoms with Crippen LogP contribution in [0.25, 0.3) is 33.6 Å². The number of imidazole rings is 2. The number of nitrogens with zero attached hydrogens (tertiary/aromatic N) is 6. The molecule has 3 aromatic heterocycles. The topological polar surface area (TPSA) is 190 Å². The molecule has 0 aliphatic carbocycles. The monoisotopic (exact) mass is 787 g/mol. The summed E-state index contributed by atoms with van der Waals surface area (Å²) in [5, 5.41) is 12.5. The van der Waals surface area contributed by atoms with E-state index in [1.807, 2.05) is 44.2 Å². The zero-order valence-corrected chi connectivity index (χ0v) is 33.1. The molecule has 2 aliphatic rings. The third-order valence-corrected chi connectivity index (χ3v) is 11.2. The van der Waals surface area contributed by atoms with Gasteiger partial charge in [-0.05, 0) is 65.5 Å². The summed E-state index contributed by atoms with van der Waals surface area (Å²) >= 11 is 0. The van der Waals surface area contributed by atoms with Crippen molar-refractivity contribution in [3.05, 3.63) is 103 Å². The molecule has 58 heavy (non-hydrogen) atoms. The Hall–Kier alpha value is -6.51. The van der Waals surface area contributed by atoms with Crippen LogP contribution in [-0.2, 0) is 20.7 Å². The smallest absolute Gasteiger partial charge is 0.407 e. The van der Waals surface area contributed by atoms with Crippen LogP contribution >= 0.6 is 0 Å². The van der Waals surface area contributed by atoms with E-state index in [0.717, 1.165) is 69.8 Å². The van der Waals surface area contributed by atoms with E-state index >= 15 is 0 Å². The Morgan fingerprint density at radius 1 is 0.810 bits per heavy atom. The standard InChI is InChI=1S/C43H49N9O6/c1-26(2)37(49-42(55)58-4)41(54)52-21-7-10-35(52)39-46-25-33(48-39)31-17-13-29(14-18-31)28-11-15-30(16-12-28)32-24-45-38(47-32)34-9-6-20-51(34)40(53)36(50(3)43(56)57)22-27-8-5-19-44-23-27/h5,8,11-19,23-26,34-37H,6-7,9-10,20-22H2,1-4H3,(H,45,47)(H,46,48)(H,49,55)(H,56,57)/t34-,35?,36-,37-/m0/s1. The number of amides is 4. The highest BCUT2D eigenvalue weighted by Gasteiger charge is 2.39. The highest BCUT2D eigenvalue weighted by atomic mass is 16.5. The molecule has 0 spiro atoms. The van der Waals surface area contributed by atoms with Crippen LogP contribution in [0.3, 0.4) is 0 Å². The van der Waals surface area contributed by atoms with Gasteiger partial charge in [0.25, 0.3) is 0 Å². The first-order chi connectivity index (χ1) is 28.0. The van der Waals surface area contributed by atoms with Crippen LogP contribution in [0, 0.1) is 5.92 Å². The molecule has 0 radical (unpaired) electrons. The van der Waals surface area contributed by atoms with Gasteiger partial charge < -0.3 is 34.9 Å². The number of carboxylic acid groups (broad SMARTS) is 1. The third-order valence-electron chi connectivity index (χ3n) is 11.2. The summed E-state index contributed by atoms with van der Waals surface area (Å²) in [6.45, 7) is 4.89. The second-order valence-corrected chi connectivity index (χ2v) is 15.2. The maximum atomic E-state index is 13.9. The molecule has 5 heterocycles. The number of alkyl carbamates (subject to hydrolysis) is 1. The van der Waals surface area contributed by atoms with Crippen molar-refractivity contribution >= 4 is 24.0 Å². The second kappa shape index (κ2) is 17.3. The summed E-state index contributed by atoms with van der Waals surface area (Å²) in [6.07, 6.45) is 8.42. The fourth-order valence-electron chi connectivity index (χ4n) is 7.95. The Balaban J connectivity index is 1.01. The number of benzene rings is 2. The van der Waals surface area contributed by atoms with Gasteiger partial charge in [0.15, 0.2) is 0 Å². The molecule has 15 heteroatoms. The summed E-state index contributed by atoms with van der Waals surface area (Å²) in [7, 11) is 2.71. The minimum absolute atomic E-state index is 0.112. The molecule has 15 nitrogen and oxygen atoms in total. The lowest BCUT2D eigenvalue weighted by atomic mass is 10.0. The molecule has 4 atom stereocenters. The van der Waals surface area contributed by atoms with Crippen LogP contribution in [0.1, 0.15) is 68.8 Å². The lowest BCUT2D eigenvalue weighted by molar-refractivity contribution is -0.137. The number of hydrogen-bond acceptors (Lipinski definition) is 8. The minimum Gasteiger partial charge on any atom is -0.465 e. The van der Waals surface area contributed by atoms with E-state index in [1.54, 1.807) is 40.7 Å². The first-order valence-corrected chi connectivity index (χ1v) is 19.6. The van der Waals surface area contributed by atoms with E-state index in [9.17, 15) is 24.3 Å². The highest BCUT2D eigenvalue weighted by molar-refractivity contribution is 5.87. The molecule has 0 bridgehead atoms. The van der Waals surface area contributed by atoms with Crippen molar-refractivity contribution in [2.45, 2.75) is 70.1 Å². The van der Waals surface area contributed by atoms with Crippen LogP contribution in [-0.4, -0.2) is 108 Å². The van der Waals surface area contributed by atoms with Crippen molar-refractivity contribution < 1.29 is 29.0 Å². The number of nitrogens with one attached hydrogen (secondary N) is 3. The van der Waals surface area contributed by atoms with Crippen molar-refractivity contribution in [2.24, 2.45) is 5.92 Å². The molecule has 7 rings (SSSR count). The number of carbonyl (C=O) groups excluding carboxylic acids is 3. The number of methoxy groups -OCH3 is 1. The number of hydrogen-bond donors (Lipinski definition) is 4. The molecule has 2 saturated heterocycles. The largest absolute Gasteiger partial charge is 0.465 e. The molecule has 302 valence electrons. The molecule has 4 amide bonds. The minimum atomic E-state index is -1.17. The first-order valence-electron chi connectivity index (χ1n) is 19.6. The van der Waals surface area contributed by atoms with E-state index < -0.39 is 24.3 Å². The summed E-state index contributed by atoms with van der Waals surface area (Å²) in [5.41, 5.74) is 6.44. The zero-order chi connectivity index (χ0) is 40.9. The summed E-state index contributed by atoms with van der Waals surface area (Å²) in [5.74, 6) is 0.870. The lowest BCUT2D eigenvalue weighted by Crippen LogP contribution is -2.51. The molecule has 2 aromatic carbocycles. The number of carbonyl (C=O) groups is 4. The number of pyridine rings is 1. The predicted molar refractivity (Wildman–Crippen MR) is 216 cm³/mol. The summed E-state index contributed by atoms with van der Waals surface area (Å²) in [6, 6.07) is 17.9. The molecular formula is C43H49N9O6. The Morgan fingerprint density at radius 3 is 1.79 bits per heavy atom. The molecule has 2 aliphatic heterocycles. The van der Waals surface area contributed by atoms with E-state index in [0.29, 0.717) is 24.7 Å². The number of likely N-dealkylation sites (tertiary alicyclic amines) is 2. The van der Waals surface area contributed by atoms with Crippen molar-refractivity contribution in [2.75, 3.05) is 27.2 Å². The van der Waals surface area contributed by atoms with Crippen LogP contribution in [0.4, 0.5) is 9.59 Å². The van der Waals surface area contributed by atoms with Crippen LogP contribution in [0.5, 0.6) is 0 Å². The first kappa shape index (κ1) is 39.7. The van der Waals surface area contributed by atoms with Crippen molar-refractivity contribution in [1.82, 2.24) is 44.9 Å². The van der Waals surface area contributed by atoms with Crippen molar-refractivity contribution in [1.29, 1.82) is 0 Å². The van der Waals surface area contributed by atoms with Gasteiger partial charge in [-0.25, -0.2) is 19.6 Å². The lowest BCUT2D eigenvalue weighted by Gasteiger charge is -2.31. The van der Waals surface area contributed by atoms with Gasteiger partial charge in [0.1, 0.15) is 23.7 Å². The van der Waals surface area contributed by atoms with Crippen molar-refractivity contribution in [3.8, 4) is 33.6 Å². The maximum Gasteiger partial charge on any atom is 0.407 e. The van der Waals surface area contributed by atoms with Crippen LogP contribution < -0.4 is 5.32 Å². The third kappa shape index (κ3) is 8.43. The maximum absolute atomic E-state index is 13.9. The van der Waals surface area contributed by atoms with E-state index in [2.05, 4.69) is 54.5 Å². The molecule has 5 aromatic rings. The molecule has 1 unspecified atom stereocenters. The van der Waals surface area contributed by atoms with Gasteiger partial charge in [0.05, 0.1) is 43.0 Å². The SMILES string of the molecule is COC(=O)N[C@H](C(=O)N1CCCC1c1ncc(-c2ccc(-c3ccc(-c4cnc([C@@H]5CCCN5C(=O)[C@H](Cc5cccnc5)N(C)C(=O)O)[nH]4)cc3)cc2)[nH]1)C(C)C. The van der Waals surface area contributed by atoms with Crippen LogP contribution in [0.2, 0.25) is 0 Å². The van der Waals surface area contributed by atoms with Gasteiger partial charge in [0.2, 0.25) is 11.8 Å². The number of H-pyrrole nitrogens is 2. The number of aromatic nitrogens is 5. The Morgan fingerprint density at radius 2 is 1.33 bits per heavy atom. The molecular weight excluding hydrogens is 739 g/mol. The Kier molecular flexibility index (Phi) is 11.9. The van der Waals surface area contributed by atoms with E-state index in [1.165, 1.54) is 14.2 Å². The quantitative estimate of drug-likeness (QED) is 0.110. The van der Waals surface area contributed by atoms with Gasteiger partial charge in [-0.2, -0.15) is 0 Å². The van der Waals surface area contributed by atoms with E-state index in [-0.39, 0.29) is 36.2 Å². The Labute approximate surface area is 336 Å². The summed E-state index contributed by atoms with van der Waals surface area (Å²) in [4.78, 5) is 76.4. The number of aromatic amines is 2. The molecule has 2 fully saturated rings. The number of ether oxygens (including phenoxy) is 1. The fourth-order valence-corrected chi connectivity index (χ4v) is 7.95.